The average molecular weight is 274 g/mol. The van der Waals surface area contributed by atoms with E-state index in [1.54, 1.807) is 0 Å². The lowest BCUT2D eigenvalue weighted by Crippen LogP contribution is -2.25. The molecule has 5 nitrogen and oxygen atoms in total. The van der Waals surface area contributed by atoms with E-state index in [1.807, 2.05) is 0 Å². The van der Waals surface area contributed by atoms with Gasteiger partial charge in [-0.25, -0.2) is 4.39 Å². The molecular weight excluding hydrogens is 259 g/mol. The molecule has 1 aromatic carbocycles. The molecule has 6 heteroatoms. The molecule has 0 aliphatic heterocycles. The third-order valence-corrected chi connectivity index (χ3v) is 2.27. The van der Waals surface area contributed by atoms with E-state index < -0.39 is 11.7 Å². The van der Waals surface area contributed by atoms with E-state index in [1.165, 1.54) is 30.5 Å². The largest absolute Gasteiger partial charge is 0.351 e. The number of aliphatic imine (C=N–C) groups is 1. The van der Waals surface area contributed by atoms with Gasteiger partial charge in [-0.1, -0.05) is 25.3 Å². The van der Waals surface area contributed by atoms with Crippen LogP contribution in [-0.2, 0) is 4.79 Å². The van der Waals surface area contributed by atoms with Gasteiger partial charge in [0.25, 0.3) is 0 Å². The zero-order valence-corrected chi connectivity index (χ0v) is 10.8. The predicted octanol–water partition coefficient (Wildman–Crippen LogP) is 2.08. The number of benzene rings is 1. The molecule has 0 saturated heterocycles. The monoisotopic (exact) mass is 274 g/mol. The van der Waals surface area contributed by atoms with Gasteiger partial charge in [0.1, 0.15) is 18.3 Å². The van der Waals surface area contributed by atoms with Crippen LogP contribution in [0.4, 0.5) is 10.1 Å². The van der Waals surface area contributed by atoms with E-state index >= 15 is 0 Å². The van der Waals surface area contributed by atoms with Crippen molar-refractivity contribution in [3.05, 3.63) is 54.9 Å². The average Bonchev–Trinajstić information content (AvgIpc) is 2.45. The molecule has 0 fully saturated rings. The van der Waals surface area contributed by atoms with Crippen molar-refractivity contribution in [2.75, 3.05) is 12.0 Å². The molecule has 0 atom stereocenters. The first-order valence-corrected chi connectivity index (χ1v) is 5.75. The Hall–Kier alpha value is -2.76. The molecule has 104 valence electrons. The van der Waals surface area contributed by atoms with Gasteiger partial charge in [0, 0.05) is 11.8 Å². The van der Waals surface area contributed by atoms with Crippen molar-refractivity contribution in [1.29, 1.82) is 5.41 Å². The van der Waals surface area contributed by atoms with Crippen molar-refractivity contribution in [2.24, 2.45) is 4.99 Å². The second-order valence-corrected chi connectivity index (χ2v) is 3.63. The number of para-hydroxylation sites is 1. The van der Waals surface area contributed by atoms with Gasteiger partial charge in [0.2, 0.25) is 5.91 Å². The summed E-state index contributed by atoms with van der Waals surface area (Å²) in [6, 6.07) is 4.18. The topological polar surface area (TPSA) is 77.3 Å². The highest BCUT2D eigenvalue weighted by Crippen LogP contribution is 2.19. The third kappa shape index (κ3) is 4.16. The maximum Gasteiger partial charge on any atom is 0.247 e. The van der Waals surface area contributed by atoms with Crippen LogP contribution >= 0.6 is 0 Å². The van der Waals surface area contributed by atoms with Crippen molar-refractivity contribution in [3.8, 4) is 0 Å². The number of hydrogen-bond donors (Lipinski definition) is 3. The van der Waals surface area contributed by atoms with Gasteiger partial charge in [0.05, 0.1) is 5.69 Å². The lowest BCUT2D eigenvalue weighted by molar-refractivity contribution is -0.111. The fraction of sp³-hybridized carbons (Fsp3) is 0.0714. The first-order chi connectivity index (χ1) is 9.60. The fourth-order valence-electron chi connectivity index (χ4n) is 1.38. The molecule has 0 unspecified atom stereocenters. The van der Waals surface area contributed by atoms with E-state index in [0.717, 1.165) is 6.08 Å². The molecule has 0 aliphatic rings. The highest BCUT2D eigenvalue weighted by atomic mass is 19.1. The SMILES string of the molecule is C=C/C=N\CNC(=N)c1cccc(F)c1NC(=O)C=C. The van der Waals surface area contributed by atoms with Crippen molar-refractivity contribution >= 4 is 23.6 Å². The maximum absolute atomic E-state index is 13.7. The van der Waals surface area contributed by atoms with Gasteiger partial charge in [-0.3, -0.25) is 15.2 Å². The Labute approximate surface area is 116 Å². The molecule has 3 N–H and O–H groups in total. The van der Waals surface area contributed by atoms with Gasteiger partial charge in [-0.2, -0.15) is 0 Å². The van der Waals surface area contributed by atoms with Crippen molar-refractivity contribution in [3.63, 3.8) is 0 Å². The molecule has 0 aromatic heterocycles. The third-order valence-electron chi connectivity index (χ3n) is 2.27. The van der Waals surface area contributed by atoms with E-state index in [-0.39, 0.29) is 23.8 Å². The number of amidine groups is 1. The Morgan fingerprint density at radius 1 is 1.45 bits per heavy atom. The number of anilines is 1. The number of hydrogen-bond acceptors (Lipinski definition) is 3. The molecular formula is C14H15FN4O. The van der Waals surface area contributed by atoms with E-state index in [0.29, 0.717) is 0 Å². The number of allylic oxidation sites excluding steroid dienone is 1. The minimum atomic E-state index is -0.626. The summed E-state index contributed by atoms with van der Waals surface area (Å²) in [5, 5.41) is 12.9. The molecule has 20 heavy (non-hydrogen) atoms. The number of carbonyl (C=O) groups is 1. The first-order valence-electron chi connectivity index (χ1n) is 5.75. The van der Waals surface area contributed by atoms with E-state index in [9.17, 15) is 9.18 Å². The molecule has 0 bridgehead atoms. The van der Waals surface area contributed by atoms with E-state index in [4.69, 9.17) is 5.41 Å². The summed E-state index contributed by atoms with van der Waals surface area (Å²) >= 11 is 0. The van der Waals surface area contributed by atoms with Crippen molar-refractivity contribution < 1.29 is 9.18 Å². The molecule has 0 radical (unpaired) electrons. The fourth-order valence-corrected chi connectivity index (χ4v) is 1.38. The number of nitrogens with zero attached hydrogens (tertiary/aromatic N) is 1. The van der Waals surface area contributed by atoms with Crippen LogP contribution in [0.3, 0.4) is 0 Å². The predicted molar refractivity (Wildman–Crippen MR) is 78.7 cm³/mol. The Morgan fingerprint density at radius 3 is 2.85 bits per heavy atom. The van der Waals surface area contributed by atoms with Gasteiger partial charge in [0.15, 0.2) is 0 Å². The number of nitrogens with one attached hydrogen (secondary N) is 3. The van der Waals surface area contributed by atoms with Gasteiger partial charge < -0.3 is 10.6 Å². The Morgan fingerprint density at radius 2 is 2.20 bits per heavy atom. The van der Waals surface area contributed by atoms with Crippen molar-refractivity contribution in [2.45, 2.75) is 0 Å². The lowest BCUT2D eigenvalue weighted by atomic mass is 10.1. The summed E-state index contributed by atoms with van der Waals surface area (Å²) in [7, 11) is 0. The smallest absolute Gasteiger partial charge is 0.247 e. The van der Waals surface area contributed by atoms with Crippen LogP contribution in [0.5, 0.6) is 0 Å². The van der Waals surface area contributed by atoms with Crippen LogP contribution in [0.15, 0.2) is 48.5 Å². The molecule has 1 amide bonds. The van der Waals surface area contributed by atoms with Crippen LogP contribution in [0.2, 0.25) is 0 Å². The number of halogens is 1. The van der Waals surface area contributed by atoms with Gasteiger partial charge >= 0.3 is 0 Å². The van der Waals surface area contributed by atoms with Crippen molar-refractivity contribution in [1.82, 2.24) is 5.32 Å². The summed E-state index contributed by atoms with van der Waals surface area (Å²) in [4.78, 5) is 15.2. The highest BCUT2D eigenvalue weighted by Gasteiger charge is 2.13. The lowest BCUT2D eigenvalue weighted by Gasteiger charge is -2.12. The normalized spacial score (nSPS) is 10.1. The van der Waals surface area contributed by atoms with E-state index in [2.05, 4.69) is 28.8 Å². The van der Waals surface area contributed by atoms with Gasteiger partial charge in [-0.05, 0) is 18.2 Å². The molecule has 0 saturated carbocycles. The standard InChI is InChI=1S/C14H15FN4O/c1-3-8-17-9-18-14(16)10-6-5-7-11(15)13(10)19-12(20)4-2/h3-8H,1-2,9H2,(H2,16,18)(H,19,20)/b17-8-. The molecule has 0 heterocycles. The second kappa shape index (κ2) is 7.63. The Balaban J connectivity index is 2.93. The maximum atomic E-state index is 13.7. The summed E-state index contributed by atoms with van der Waals surface area (Å²) < 4.78 is 13.7. The van der Waals surface area contributed by atoms with Crippen LogP contribution in [0.1, 0.15) is 5.56 Å². The zero-order valence-electron chi connectivity index (χ0n) is 10.8. The number of rotatable bonds is 6. The summed E-state index contributed by atoms with van der Waals surface area (Å²) in [5.74, 6) is -1.22. The zero-order chi connectivity index (χ0) is 15.0. The first kappa shape index (κ1) is 15.3. The van der Waals surface area contributed by atoms with Crippen LogP contribution < -0.4 is 10.6 Å². The van der Waals surface area contributed by atoms with Gasteiger partial charge in [-0.15, -0.1) is 0 Å². The minimum absolute atomic E-state index is 0.0509. The molecule has 0 aliphatic carbocycles. The molecule has 1 rings (SSSR count). The van der Waals surface area contributed by atoms with Crippen LogP contribution in [0, 0.1) is 11.2 Å². The minimum Gasteiger partial charge on any atom is -0.351 e. The Kier molecular flexibility index (Phi) is 5.83. The quantitative estimate of drug-likeness (QED) is 0.422. The number of amides is 1. The highest BCUT2D eigenvalue weighted by molar-refractivity contribution is 6.07. The Bertz CT molecular complexity index is 566. The van der Waals surface area contributed by atoms with Crippen LogP contribution in [0.25, 0.3) is 0 Å². The summed E-state index contributed by atoms with van der Waals surface area (Å²) in [5.41, 5.74) is 0.164. The number of carbonyl (C=O) groups excluding carboxylic acids is 1. The molecule has 1 aromatic rings. The summed E-state index contributed by atoms with van der Waals surface area (Å²) in [6.45, 7) is 6.91. The summed E-state index contributed by atoms with van der Waals surface area (Å²) in [6.07, 6.45) is 4.01. The van der Waals surface area contributed by atoms with Crippen LogP contribution in [-0.4, -0.2) is 24.6 Å². The molecule has 0 spiro atoms. The second-order valence-electron chi connectivity index (χ2n) is 3.63.